The first-order valence-corrected chi connectivity index (χ1v) is 22.0. The zero-order valence-corrected chi connectivity index (χ0v) is 34.5. The van der Waals surface area contributed by atoms with Crippen LogP contribution in [0.2, 0.25) is 0 Å². The molecule has 2 aliphatic carbocycles. The van der Waals surface area contributed by atoms with E-state index in [0.717, 1.165) is 51.7 Å². The van der Waals surface area contributed by atoms with Crippen LogP contribution in [0.1, 0.15) is 70.4 Å². The Morgan fingerprint density at radius 2 is 1.69 bits per heavy atom. The molecule has 12 nitrogen and oxygen atoms in total. The summed E-state index contributed by atoms with van der Waals surface area (Å²) < 4.78 is 28.7. The summed E-state index contributed by atoms with van der Waals surface area (Å²) in [5, 5.41) is 12.1. The maximum Gasteiger partial charge on any atom is 0.361 e. The van der Waals surface area contributed by atoms with Gasteiger partial charge < -0.3 is 29.2 Å². The Kier molecular flexibility index (Phi) is 19.5. The second-order valence-electron chi connectivity index (χ2n) is 11.9. The van der Waals surface area contributed by atoms with Crippen LogP contribution < -0.4 is 5.32 Å². The number of nitrogens with one attached hydrogen (secondary N) is 1. The van der Waals surface area contributed by atoms with Gasteiger partial charge in [-0.2, -0.15) is 0 Å². The summed E-state index contributed by atoms with van der Waals surface area (Å²) in [5.41, 5.74) is 2.64. The van der Waals surface area contributed by atoms with Crippen LogP contribution in [0.15, 0.2) is 79.0 Å². The molecule has 1 aromatic heterocycles. The van der Waals surface area contributed by atoms with Crippen LogP contribution in [0.25, 0.3) is 0 Å². The zero-order chi connectivity index (χ0) is 38.5. The summed E-state index contributed by atoms with van der Waals surface area (Å²) in [6.07, 6.45) is 8.72. The molecule has 2 atom stereocenters. The monoisotopic (exact) mass is 818 g/mol. The molecule has 0 spiro atoms. The number of ether oxygens (including phenoxy) is 3. The van der Waals surface area contributed by atoms with E-state index in [4.69, 9.17) is 23.9 Å². The van der Waals surface area contributed by atoms with Crippen molar-refractivity contribution in [1.82, 2.24) is 4.98 Å². The van der Waals surface area contributed by atoms with Crippen molar-refractivity contribution in [3.05, 3.63) is 65.9 Å². The first-order valence-electron chi connectivity index (χ1n) is 18.1. The summed E-state index contributed by atoms with van der Waals surface area (Å²) in [5.74, 6) is -0.0866. The van der Waals surface area contributed by atoms with Crippen LogP contribution >= 0.6 is 34.9 Å². The lowest BCUT2D eigenvalue weighted by atomic mass is 10.1. The molecule has 4 fully saturated rings. The number of benzene rings is 2. The quantitative estimate of drug-likeness (QED) is 0.0381. The molecular weight excluding hydrogens is 769 g/mol. The molecule has 2 unspecified atom stereocenters. The van der Waals surface area contributed by atoms with E-state index in [9.17, 15) is 13.8 Å². The molecule has 0 radical (unpaired) electrons. The predicted molar refractivity (Wildman–Crippen MR) is 218 cm³/mol. The molecule has 7 rings (SSSR count). The van der Waals surface area contributed by atoms with E-state index in [1.807, 2.05) is 32.5 Å². The third kappa shape index (κ3) is 15.5. The van der Waals surface area contributed by atoms with Crippen LogP contribution in [-0.4, -0.2) is 95.5 Å². The van der Waals surface area contributed by atoms with Crippen LogP contribution in [0, 0.1) is 0 Å². The summed E-state index contributed by atoms with van der Waals surface area (Å²) in [7, 11) is 0.550. The van der Waals surface area contributed by atoms with Gasteiger partial charge in [0.1, 0.15) is 13.7 Å². The van der Waals surface area contributed by atoms with E-state index in [1.54, 1.807) is 37.6 Å². The summed E-state index contributed by atoms with van der Waals surface area (Å²) >= 11 is 4.78. The van der Waals surface area contributed by atoms with E-state index in [2.05, 4.69) is 44.9 Å². The minimum Gasteiger partial charge on any atom is -0.460 e. The first-order chi connectivity index (χ1) is 26.4. The van der Waals surface area contributed by atoms with E-state index in [-0.39, 0.29) is 23.7 Å². The van der Waals surface area contributed by atoms with Crippen LogP contribution in [0.3, 0.4) is 0 Å². The second-order valence-corrected chi connectivity index (χ2v) is 17.5. The molecular formula is C38H50N4O8S4. The Balaban J connectivity index is 0.000000254. The van der Waals surface area contributed by atoms with Gasteiger partial charge in [0.15, 0.2) is 16.9 Å². The third-order valence-electron chi connectivity index (χ3n) is 7.69. The number of carbonyl (C=O) groups is 2. The predicted octanol–water partition coefficient (Wildman–Crippen LogP) is 7.57. The average Bonchev–Trinajstić information content (AvgIpc) is 4.09. The largest absolute Gasteiger partial charge is 0.460 e. The number of amides is 1. The molecule has 4 aliphatic rings. The van der Waals surface area contributed by atoms with Crippen LogP contribution in [-0.2, 0) is 44.3 Å². The fraction of sp³-hybridized carbons (Fsp3) is 0.500. The number of carbonyl (C=O) groups excluding carboxylic acids is 2. The zero-order valence-electron chi connectivity index (χ0n) is 31.2. The Bertz CT molecular complexity index is 1650. The third-order valence-corrected chi connectivity index (χ3v) is 12.9. The molecule has 2 saturated carbocycles. The van der Waals surface area contributed by atoms with E-state index >= 15 is 0 Å². The molecule has 54 heavy (non-hydrogen) atoms. The van der Waals surface area contributed by atoms with Gasteiger partial charge in [-0.1, -0.05) is 59.8 Å². The fourth-order valence-electron chi connectivity index (χ4n) is 4.43. The van der Waals surface area contributed by atoms with Crippen LogP contribution in [0.4, 0.5) is 5.13 Å². The van der Waals surface area contributed by atoms with E-state index in [1.165, 1.54) is 47.3 Å². The van der Waals surface area contributed by atoms with Crippen LogP contribution in [0.5, 0.6) is 0 Å². The number of rotatable bonds is 16. The average molecular weight is 819 g/mol. The highest BCUT2D eigenvalue weighted by Crippen LogP contribution is 2.39. The first kappa shape index (κ1) is 43.4. The molecule has 2 saturated heterocycles. The topological polar surface area (TPSA) is 147 Å². The number of hydrogen-bond acceptors (Lipinski definition) is 14. The van der Waals surface area contributed by atoms with Gasteiger partial charge in [-0.05, 0) is 68.9 Å². The number of oxime groups is 2. The van der Waals surface area contributed by atoms with E-state index < -0.39 is 16.8 Å². The second kappa shape index (κ2) is 24.3. The molecule has 294 valence electrons. The number of thioether (sulfide) groups is 2. The Hall–Kier alpha value is -3.28. The highest BCUT2D eigenvalue weighted by Gasteiger charge is 2.29. The molecule has 3 heterocycles. The van der Waals surface area contributed by atoms with Gasteiger partial charge in [0.25, 0.3) is 0 Å². The molecule has 3 aromatic rings. The van der Waals surface area contributed by atoms with Crippen molar-refractivity contribution in [3.63, 3.8) is 0 Å². The molecule has 2 aliphatic heterocycles. The van der Waals surface area contributed by atoms with Crippen molar-refractivity contribution in [2.45, 2.75) is 89.9 Å². The smallest absolute Gasteiger partial charge is 0.361 e. The maximum absolute atomic E-state index is 12.8. The van der Waals surface area contributed by atoms with Gasteiger partial charge in [-0.25, -0.2) is 9.78 Å². The van der Waals surface area contributed by atoms with Crippen molar-refractivity contribution in [2.24, 2.45) is 10.3 Å². The van der Waals surface area contributed by atoms with Gasteiger partial charge in [0, 0.05) is 51.2 Å². The lowest BCUT2D eigenvalue weighted by Gasteiger charge is -2.10. The highest BCUT2D eigenvalue weighted by molar-refractivity contribution is 8.01. The Morgan fingerprint density at radius 1 is 1.00 bits per heavy atom. The molecule has 0 bridgehead atoms. The summed E-state index contributed by atoms with van der Waals surface area (Å²) in [4.78, 5) is 39.7. The molecule has 16 heteroatoms. The lowest BCUT2D eigenvalue weighted by Crippen LogP contribution is -2.22. The van der Waals surface area contributed by atoms with Crippen molar-refractivity contribution in [1.29, 1.82) is 0 Å². The summed E-state index contributed by atoms with van der Waals surface area (Å²) in [6.45, 7) is 9.14. The normalized spacial score (nSPS) is 18.2. The van der Waals surface area contributed by atoms with Gasteiger partial charge in [-0.3, -0.25) is 9.00 Å². The number of thiazole rings is 1. The van der Waals surface area contributed by atoms with Gasteiger partial charge >= 0.3 is 5.97 Å². The van der Waals surface area contributed by atoms with Gasteiger partial charge in [0.2, 0.25) is 6.41 Å². The molecule has 1 N–H and O–H groups in total. The van der Waals surface area contributed by atoms with Gasteiger partial charge in [0.05, 0.1) is 40.1 Å². The lowest BCUT2D eigenvalue weighted by molar-refractivity contribution is -0.135. The fourth-order valence-corrected chi connectivity index (χ4v) is 8.56. The van der Waals surface area contributed by atoms with Crippen molar-refractivity contribution >= 4 is 74.6 Å². The minimum absolute atomic E-state index is 0.0610. The maximum atomic E-state index is 12.8. The number of hydrogen-bond donors (Lipinski definition) is 1. The standard InChI is InChI=1S/C21H23N3O6S3.C12H15NOS.C3H6O.C2H6/c25-13-23-21-22-11-18(32-21)31-10-9-29-20(26)19(24-30-15-7-8-28-12-15)14-1-3-16(4-2-14)33(27)17-5-6-17;1-9(13-14-2)10-3-5-11(6-4-10)15-12-7-8-12;1-2-4-3-1;1-2/h1-4,11,13,15,17H,5-10,12H2,(H,22,23,25);3-6,12H,7-8H2,1-2H3;1-3H2;1-2H3/b24-19+;13-9-;;. The Morgan fingerprint density at radius 3 is 2.26 bits per heavy atom. The minimum atomic E-state index is -1.02. The van der Waals surface area contributed by atoms with Crippen molar-refractivity contribution < 1.29 is 37.7 Å². The van der Waals surface area contributed by atoms with Crippen molar-refractivity contribution in [2.75, 3.05) is 51.2 Å². The number of esters is 1. The molecule has 1 amide bonds. The number of nitrogens with zero attached hydrogens (tertiary/aromatic N) is 3. The number of aromatic nitrogens is 1. The Labute approximate surface area is 333 Å². The summed E-state index contributed by atoms with van der Waals surface area (Å²) in [6, 6.07) is 15.5. The highest BCUT2D eigenvalue weighted by atomic mass is 32.2. The SMILES string of the molecule is C1COC1.CC.CO/N=C(/C)c1ccc(SC2CC2)cc1.O=CNc1ncc(SCCOC(=O)/C(=N/OC2CCOC2)c2ccc(S(=O)C3CC3)cc2)s1. The molecule has 2 aromatic carbocycles. The number of anilines is 1. The van der Waals surface area contributed by atoms with E-state index in [0.29, 0.717) is 42.5 Å². The van der Waals surface area contributed by atoms with Crippen molar-refractivity contribution in [3.8, 4) is 0 Å². The van der Waals surface area contributed by atoms with Gasteiger partial charge in [-0.15, -0.1) is 23.5 Å².